The van der Waals surface area contributed by atoms with Crippen LogP contribution >= 0.6 is 0 Å². The summed E-state index contributed by atoms with van der Waals surface area (Å²) in [6, 6.07) is 13.7. The van der Waals surface area contributed by atoms with Crippen molar-refractivity contribution in [1.29, 1.82) is 0 Å². The molecule has 5 heteroatoms. The predicted molar refractivity (Wildman–Crippen MR) is 69.0 cm³/mol. The summed E-state index contributed by atoms with van der Waals surface area (Å²) in [5.74, 6) is 0.0667. The topological polar surface area (TPSA) is 63.6 Å². The van der Waals surface area contributed by atoms with Gasteiger partial charge in [0.05, 0.1) is 6.26 Å². The average Bonchev–Trinajstić information content (AvgIpc) is 2.28. The standard InChI is InChI=1S/C13H12O4S/c1-18(15,16)17-11-7-8-12(13(14)9-11)10-5-3-2-4-6-10/h2-9,14H,1H3. The van der Waals surface area contributed by atoms with Gasteiger partial charge >= 0.3 is 10.1 Å². The zero-order valence-electron chi connectivity index (χ0n) is 9.70. The Balaban J connectivity index is 2.37. The summed E-state index contributed by atoms with van der Waals surface area (Å²) >= 11 is 0. The zero-order valence-corrected chi connectivity index (χ0v) is 10.5. The molecule has 1 N–H and O–H groups in total. The summed E-state index contributed by atoms with van der Waals surface area (Å²) < 4.78 is 26.6. The molecule has 2 aromatic rings. The molecule has 0 radical (unpaired) electrons. The van der Waals surface area contributed by atoms with E-state index in [1.807, 2.05) is 30.3 Å². The van der Waals surface area contributed by atoms with Crippen molar-refractivity contribution < 1.29 is 17.7 Å². The van der Waals surface area contributed by atoms with Gasteiger partial charge in [0.15, 0.2) is 0 Å². The third-order valence-electron chi connectivity index (χ3n) is 2.30. The van der Waals surface area contributed by atoms with Crippen LogP contribution in [0.25, 0.3) is 11.1 Å². The van der Waals surface area contributed by atoms with Crippen LogP contribution in [0.5, 0.6) is 11.5 Å². The Hall–Kier alpha value is -2.01. The second kappa shape index (κ2) is 4.70. The maximum absolute atomic E-state index is 11.0. The van der Waals surface area contributed by atoms with E-state index in [9.17, 15) is 13.5 Å². The van der Waals surface area contributed by atoms with E-state index in [1.165, 1.54) is 12.1 Å². The Morgan fingerprint density at radius 1 is 1.06 bits per heavy atom. The van der Waals surface area contributed by atoms with Gasteiger partial charge in [-0.1, -0.05) is 30.3 Å². The lowest BCUT2D eigenvalue weighted by molar-refractivity contribution is 0.467. The first kappa shape index (κ1) is 12.4. The minimum atomic E-state index is -3.58. The molecule has 2 rings (SSSR count). The summed E-state index contributed by atoms with van der Waals surface area (Å²) in [6.07, 6.45) is 0.954. The van der Waals surface area contributed by atoms with Crippen molar-refractivity contribution in [2.24, 2.45) is 0 Å². The van der Waals surface area contributed by atoms with Gasteiger partial charge in [0.1, 0.15) is 11.5 Å². The van der Waals surface area contributed by atoms with E-state index >= 15 is 0 Å². The maximum Gasteiger partial charge on any atom is 0.306 e. The monoisotopic (exact) mass is 264 g/mol. The molecule has 0 saturated heterocycles. The summed E-state index contributed by atoms with van der Waals surface area (Å²) in [7, 11) is -3.58. The van der Waals surface area contributed by atoms with E-state index in [0.29, 0.717) is 5.56 Å². The number of phenolic OH excluding ortho intramolecular Hbond substituents is 1. The number of hydrogen-bond acceptors (Lipinski definition) is 4. The normalized spacial score (nSPS) is 11.2. The van der Waals surface area contributed by atoms with Crippen molar-refractivity contribution in [2.45, 2.75) is 0 Å². The number of benzene rings is 2. The van der Waals surface area contributed by atoms with E-state index < -0.39 is 10.1 Å². The molecular weight excluding hydrogens is 252 g/mol. The van der Waals surface area contributed by atoms with Crippen LogP contribution in [0, 0.1) is 0 Å². The quantitative estimate of drug-likeness (QED) is 0.865. The molecule has 0 unspecified atom stereocenters. The lowest BCUT2D eigenvalue weighted by atomic mass is 10.0. The number of rotatable bonds is 3. The van der Waals surface area contributed by atoms with Crippen LogP contribution in [0.4, 0.5) is 0 Å². The van der Waals surface area contributed by atoms with Crippen LogP contribution in [-0.4, -0.2) is 19.8 Å². The Bertz CT molecular complexity index is 648. The Morgan fingerprint density at radius 3 is 2.28 bits per heavy atom. The third kappa shape index (κ3) is 3.01. The van der Waals surface area contributed by atoms with Gasteiger partial charge in [-0.25, -0.2) is 0 Å². The summed E-state index contributed by atoms with van der Waals surface area (Å²) in [5.41, 5.74) is 1.47. The minimum absolute atomic E-state index is 0.0256. The fourth-order valence-electron chi connectivity index (χ4n) is 1.60. The van der Waals surface area contributed by atoms with Crippen molar-refractivity contribution in [1.82, 2.24) is 0 Å². The molecule has 0 atom stereocenters. The van der Waals surface area contributed by atoms with Crippen LogP contribution in [-0.2, 0) is 10.1 Å². The molecule has 4 nitrogen and oxygen atoms in total. The van der Waals surface area contributed by atoms with Crippen LogP contribution < -0.4 is 4.18 Å². The van der Waals surface area contributed by atoms with Gasteiger partial charge in [-0.3, -0.25) is 0 Å². The maximum atomic E-state index is 11.0. The second-order valence-electron chi connectivity index (χ2n) is 3.83. The molecule has 18 heavy (non-hydrogen) atoms. The van der Waals surface area contributed by atoms with Crippen molar-refractivity contribution in [3.63, 3.8) is 0 Å². The highest BCUT2D eigenvalue weighted by atomic mass is 32.2. The van der Waals surface area contributed by atoms with E-state index in [2.05, 4.69) is 4.18 Å². The first-order valence-corrected chi connectivity index (χ1v) is 7.05. The summed E-state index contributed by atoms with van der Waals surface area (Å²) in [4.78, 5) is 0. The SMILES string of the molecule is CS(=O)(=O)Oc1ccc(-c2ccccc2)c(O)c1. The van der Waals surface area contributed by atoms with Crippen LogP contribution in [0.15, 0.2) is 48.5 Å². The number of phenols is 1. The molecule has 0 aliphatic carbocycles. The molecule has 0 saturated carbocycles. The summed E-state index contributed by atoms with van der Waals surface area (Å²) in [6.45, 7) is 0. The lowest BCUT2D eigenvalue weighted by Gasteiger charge is -2.07. The number of aromatic hydroxyl groups is 1. The number of hydrogen-bond donors (Lipinski definition) is 1. The molecule has 0 bridgehead atoms. The van der Waals surface area contributed by atoms with Gasteiger partial charge in [-0.2, -0.15) is 8.42 Å². The van der Waals surface area contributed by atoms with Crippen molar-refractivity contribution in [3.8, 4) is 22.6 Å². The minimum Gasteiger partial charge on any atom is -0.507 e. The predicted octanol–water partition coefficient (Wildman–Crippen LogP) is 2.40. The Kier molecular flexibility index (Phi) is 3.25. The van der Waals surface area contributed by atoms with Crippen molar-refractivity contribution in [2.75, 3.05) is 6.26 Å². The van der Waals surface area contributed by atoms with Gasteiger partial charge in [-0.15, -0.1) is 0 Å². The van der Waals surface area contributed by atoms with Gasteiger partial charge < -0.3 is 9.29 Å². The zero-order chi connectivity index (χ0) is 13.2. The van der Waals surface area contributed by atoms with Gasteiger partial charge in [0.25, 0.3) is 0 Å². The van der Waals surface area contributed by atoms with Crippen LogP contribution in [0.1, 0.15) is 0 Å². The van der Waals surface area contributed by atoms with E-state index in [0.717, 1.165) is 11.8 Å². The van der Waals surface area contributed by atoms with E-state index in [4.69, 9.17) is 0 Å². The van der Waals surface area contributed by atoms with Gasteiger partial charge in [-0.05, 0) is 17.7 Å². The van der Waals surface area contributed by atoms with E-state index in [1.54, 1.807) is 6.07 Å². The molecule has 0 fully saturated rings. The molecule has 0 aliphatic heterocycles. The van der Waals surface area contributed by atoms with Crippen molar-refractivity contribution in [3.05, 3.63) is 48.5 Å². The highest BCUT2D eigenvalue weighted by molar-refractivity contribution is 7.86. The fourth-order valence-corrected chi connectivity index (χ4v) is 2.05. The van der Waals surface area contributed by atoms with Gasteiger partial charge in [0.2, 0.25) is 0 Å². The van der Waals surface area contributed by atoms with E-state index in [-0.39, 0.29) is 11.5 Å². The van der Waals surface area contributed by atoms with Crippen LogP contribution in [0.2, 0.25) is 0 Å². The molecule has 0 amide bonds. The third-order valence-corrected chi connectivity index (χ3v) is 2.80. The molecule has 2 aromatic carbocycles. The molecule has 94 valence electrons. The van der Waals surface area contributed by atoms with Crippen LogP contribution in [0.3, 0.4) is 0 Å². The highest BCUT2D eigenvalue weighted by Crippen LogP contribution is 2.32. The molecule has 0 spiro atoms. The smallest absolute Gasteiger partial charge is 0.306 e. The molecular formula is C13H12O4S. The lowest BCUT2D eigenvalue weighted by Crippen LogP contribution is -2.05. The molecule has 0 heterocycles. The molecule has 0 aliphatic rings. The first-order chi connectivity index (χ1) is 8.46. The fraction of sp³-hybridized carbons (Fsp3) is 0.0769. The summed E-state index contributed by atoms with van der Waals surface area (Å²) in [5, 5.41) is 9.87. The largest absolute Gasteiger partial charge is 0.507 e. The van der Waals surface area contributed by atoms with Crippen molar-refractivity contribution >= 4 is 10.1 Å². The highest BCUT2D eigenvalue weighted by Gasteiger charge is 2.09. The Morgan fingerprint density at radius 2 is 1.72 bits per heavy atom. The first-order valence-electron chi connectivity index (χ1n) is 5.23. The Labute approximate surface area is 106 Å². The average molecular weight is 264 g/mol. The van der Waals surface area contributed by atoms with Gasteiger partial charge in [0, 0.05) is 11.6 Å². The molecule has 0 aromatic heterocycles. The second-order valence-corrected chi connectivity index (χ2v) is 5.41.